The van der Waals surface area contributed by atoms with Crippen molar-refractivity contribution < 1.29 is 9.47 Å². The molecule has 0 spiro atoms. The van der Waals surface area contributed by atoms with E-state index in [-0.39, 0.29) is 0 Å². The van der Waals surface area contributed by atoms with Gasteiger partial charge in [0.1, 0.15) is 0 Å². The minimum atomic E-state index is 0.661. The summed E-state index contributed by atoms with van der Waals surface area (Å²) in [4.78, 5) is 1.11. The molecule has 0 aromatic heterocycles. The highest BCUT2D eigenvalue weighted by Crippen LogP contribution is 2.36. The third-order valence-corrected chi connectivity index (χ3v) is 2.43. The van der Waals surface area contributed by atoms with E-state index in [2.05, 4.69) is 0 Å². The lowest BCUT2D eigenvalue weighted by Gasteiger charge is -2.11. The molecule has 0 fully saturated rings. The quantitative estimate of drug-likeness (QED) is 0.693. The lowest BCUT2D eigenvalue weighted by atomic mass is 10.3. The van der Waals surface area contributed by atoms with Crippen LogP contribution < -0.4 is 9.47 Å². The minimum absolute atomic E-state index is 0.661. The number of ether oxygens (including phenoxy) is 2. The van der Waals surface area contributed by atoms with Crippen molar-refractivity contribution in [3.05, 3.63) is 18.2 Å². The Morgan fingerprint density at radius 2 is 2.15 bits per heavy atom. The predicted molar refractivity (Wildman–Crippen MR) is 55.9 cm³/mol. The van der Waals surface area contributed by atoms with Crippen LogP contribution in [0.4, 0.5) is 0 Å². The van der Waals surface area contributed by atoms with E-state index in [0.29, 0.717) is 6.61 Å². The van der Waals surface area contributed by atoms with Gasteiger partial charge < -0.3 is 9.47 Å². The molecule has 1 rings (SSSR count). The van der Waals surface area contributed by atoms with Crippen LogP contribution in [0.5, 0.6) is 11.5 Å². The molecule has 72 valence electrons. The van der Waals surface area contributed by atoms with Gasteiger partial charge in [-0.1, -0.05) is 6.07 Å². The summed E-state index contributed by atoms with van der Waals surface area (Å²) in [6, 6.07) is 5.91. The van der Waals surface area contributed by atoms with Crippen molar-refractivity contribution in [2.45, 2.75) is 11.8 Å². The maximum absolute atomic E-state index is 5.43. The van der Waals surface area contributed by atoms with Gasteiger partial charge in [-0.15, -0.1) is 11.8 Å². The minimum Gasteiger partial charge on any atom is -0.492 e. The van der Waals surface area contributed by atoms with Gasteiger partial charge in [0.15, 0.2) is 11.5 Å². The van der Waals surface area contributed by atoms with Crippen LogP contribution in [0.3, 0.4) is 0 Å². The molecule has 0 heterocycles. The third-order valence-electron chi connectivity index (χ3n) is 1.67. The molecule has 0 N–H and O–H groups in total. The normalized spacial score (nSPS) is 9.77. The SMILES string of the molecule is CCOc1cccc(SC)c1OC. The zero-order chi connectivity index (χ0) is 9.68. The highest BCUT2D eigenvalue weighted by atomic mass is 32.2. The van der Waals surface area contributed by atoms with Gasteiger partial charge in [-0.25, -0.2) is 0 Å². The number of hydrogen-bond donors (Lipinski definition) is 0. The van der Waals surface area contributed by atoms with Gasteiger partial charge in [-0.05, 0) is 25.3 Å². The van der Waals surface area contributed by atoms with Crippen LogP contribution in [-0.4, -0.2) is 20.0 Å². The molecule has 0 atom stereocenters. The molecule has 0 aliphatic carbocycles. The van der Waals surface area contributed by atoms with E-state index in [9.17, 15) is 0 Å². The van der Waals surface area contributed by atoms with E-state index < -0.39 is 0 Å². The Labute approximate surface area is 83.2 Å². The van der Waals surface area contributed by atoms with E-state index in [1.165, 1.54) is 0 Å². The third kappa shape index (κ3) is 2.31. The van der Waals surface area contributed by atoms with Crippen LogP contribution in [0.25, 0.3) is 0 Å². The molecule has 0 saturated heterocycles. The van der Waals surface area contributed by atoms with E-state index in [0.717, 1.165) is 16.4 Å². The molecule has 1 aromatic rings. The summed E-state index contributed by atoms with van der Waals surface area (Å²) in [5.74, 6) is 1.65. The number of hydrogen-bond acceptors (Lipinski definition) is 3. The Hall–Kier alpha value is -0.830. The standard InChI is InChI=1S/C10H14O2S/c1-4-12-8-6-5-7-9(13-3)10(8)11-2/h5-7H,4H2,1-3H3. The molecule has 0 bridgehead atoms. The fourth-order valence-electron chi connectivity index (χ4n) is 1.13. The smallest absolute Gasteiger partial charge is 0.174 e. The van der Waals surface area contributed by atoms with Crippen molar-refractivity contribution in [3.63, 3.8) is 0 Å². The molecule has 3 heteroatoms. The highest BCUT2D eigenvalue weighted by Gasteiger charge is 2.07. The topological polar surface area (TPSA) is 18.5 Å². The Kier molecular flexibility index (Phi) is 3.96. The molecule has 0 saturated carbocycles. The Balaban J connectivity index is 3.03. The van der Waals surface area contributed by atoms with Gasteiger partial charge >= 0.3 is 0 Å². The summed E-state index contributed by atoms with van der Waals surface area (Å²) < 4.78 is 10.7. The van der Waals surface area contributed by atoms with Gasteiger partial charge in [0.25, 0.3) is 0 Å². The van der Waals surface area contributed by atoms with Gasteiger partial charge in [0.2, 0.25) is 0 Å². The van der Waals surface area contributed by atoms with E-state index in [1.54, 1.807) is 18.9 Å². The molecule has 1 aromatic carbocycles. The molecule has 0 unspecified atom stereocenters. The van der Waals surface area contributed by atoms with Crippen molar-refractivity contribution in [1.29, 1.82) is 0 Å². The predicted octanol–water partition coefficient (Wildman–Crippen LogP) is 2.82. The summed E-state index contributed by atoms with van der Waals surface area (Å²) >= 11 is 1.66. The second-order valence-electron chi connectivity index (χ2n) is 2.42. The Morgan fingerprint density at radius 1 is 1.38 bits per heavy atom. The maximum Gasteiger partial charge on any atom is 0.174 e. The molecule has 0 aliphatic rings. The Bertz CT molecular complexity index is 274. The summed E-state index contributed by atoms with van der Waals surface area (Å²) in [5.41, 5.74) is 0. The molecule has 0 amide bonds. The van der Waals surface area contributed by atoms with Crippen molar-refractivity contribution in [2.24, 2.45) is 0 Å². The lowest BCUT2D eigenvalue weighted by molar-refractivity contribution is 0.307. The first kappa shape index (κ1) is 10.3. The van der Waals surface area contributed by atoms with Crippen LogP contribution in [0.1, 0.15) is 6.92 Å². The average molecular weight is 198 g/mol. The molecule has 0 aliphatic heterocycles. The van der Waals surface area contributed by atoms with Crippen LogP contribution in [0, 0.1) is 0 Å². The monoisotopic (exact) mass is 198 g/mol. The second-order valence-corrected chi connectivity index (χ2v) is 3.27. The van der Waals surface area contributed by atoms with Gasteiger partial charge in [-0.2, -0.15) is 0 Å². The van der Waals surface area contributed by atoms with Crippen molar-refractivity contribution in [2.75, 3.05) is 20.0 Å². The number of benzene rings is 1. The lowest BCUT2D eigenvalue weighted by Crippen LogP contribution is -1.95. The summed E-state index contributed by atoms with van der Waals surface area (Å²) in [6.07, 6.45) is 2.02. The summed E-state index contributed by atoms with van der Waals surface area (Å²) in [7, 11) is 1.66. The van der Waals surface area contributed by atoms with Crippen LogP contribution >= 0.6 is 11.8 Å². The largest absolute Gasteiger partial charge is 0.492 e. The fraction of sp³-hybridized carbons (Fsp3) is 0.400. The van der Waals surface area contributed by atoms with Gasteiger partial charge in [0, 0.05) is 0 Å². The van der Waals surface area contributed by atoms with E-state index in [4.69, 9.17) is 9.47 Å². The molecular formula is C10H14O2S. The zero-order valence-corrected chi connectivity index (χ0v) is 8.98. The number of rotatable bonds is 4. The maximum atomic E-state index is 5.43. The molecule has 0 radical (unpaired) electrons. The van der Waals surface area contributed by atoms with E-state index >= 15 is 0 Å². The van der Waals surface area contributed by atoms with Crippen LogP contribution in [-0.2, 0) is 0 Å². The van der Waals surface area contributed by atoms with Gasteiger partial charge in [-0.3, -0.25) is 0 Å². The van der Waals surface area contributed by atoms with E-state index in [1.807, 2.05) is 31.4 Å². The second kappa shape index (κ2) is 5.02. The molecule has 13 heavy (non-hydrogen) atoms. The average Bonchev–Trinajstić information content (AvgIpc) is 2.18. The Morgan fingerprint density at radius 3 is 2.69 bits per heavy atom. The summed E-state index contributed by atoms with van der Waals surface area (Å²) in [5, 5.41) is 0. The first-order valence-corrected chi connectivity index (χ1v) is 5.39. The highest BCUT2D eigenvalue weighted by molar-refractivity contribution is 7.98. The van der Waals surface area contributed by atoms with Crippen LogP contribution in [0.2, 0.25) is 0 Å². The first-order chi connectivity index (χ1) is 6.33. The van der Waals surface area contributed by atoms with Crippen molar-refractivity contribution in [1.82, 2.24) is 0 Å². The van der Waals surface area contributed by atoms with Crippen molar-refractivity contribution >= 4 is 11.8 Å². The van der Waals surface area contributed by atoms with Gasteiger partial charge in [0.05, 0.1) is 18.6 Å². The summed E-state index contributed by atoms with van der Waals surface area (Å²) in [6.45, 7) is 2.62. The molecular weight excluding hydrogens is 184 g/mol. The number of thioether (sulfide) groups is 1. The number of methoxy groups -OCH3 is 1. The molecule has 2 nitrogen and oxygen atoms in total. The first-order valence-electron chi connectivity index (χ1n) is 4.17. The van der Waals surface area contributed by atoms with Crippen LogP contribution in [0.15, 0.2) is 23.1 Å². The van der Waals surface area contributed by atoms with Crippen molar-refractivity contribution in [3.8, 4) is 11.5 Å². The fourth-order valence-corrected chi connectivity index (χ4v) is 1.71. The number of para-hydroxylation sites is 1. The zero-order valence-electron chi connectivity index (χ0n) is 8.16.